The molecule has 1 fully saturated rings. The van der Waals surface area contributed by atoms with Crippen LogP contribution in [0.2, 0.25) is 0 Å². The van der Waals surface area contributed by atoms with Gasteiger partial charge in [0.15, 0.2) is 0 Å². The van der Waals surface area contributed by atoms with E-state index in [-0.39, 0.29) is 5.54 Å². The van der Waals surface area contributed by atoms with Gasteiger partial charge in [-0.15, -0.1) is 6.58 Å². The fourth-order valence-electron chi connectivity index (χ4n) is 4.18. The second-order valence-electron chi connectivity index (χ2n) is 6.98. The van der Waals surface area contributed by atoms with Gasteiger partial charge in [-0.2, -0.15) is 0 Å². The van der Waals surface area contributed by atoms with Crippen LogP contribution in [0.1, 0.15) is 29.5 Å². The first-order valence-corrected chi connectivity index (χ1v) is 9.41. The number of rotatable bonds is 7. The van der Waals surface area contributed by atoms with Crippen LogP contribution in [0.4, 0.5) is 0 Å². The first-order chi connectivity index (χ1) is 12.9. The summed E-state index contributed by atoms with van der Waals surface area (Å²) in [5, 5.41) is 0. The number of allylic oxidation sites excluding steroid dienone is 1. The van der Waals surface area contributed by atoms with E-state index in [9.17, 15) is 0 Å². The SMILES string of the molecule is C=CCC[C@@H]1CN1C(c1ccccc1)(c1ccccc1)c1ccccc1. The van der Waals surface area contributed by atoms with Crippen LogP contribution in [0.3, 0.4) is 0 Å². The zero-order valence-electron chi connectivity index (χ0n) is 15.1. The van der Waals surface area contributed by atoms with Gasteiger partial charge in [0.25, 0.3) is 0 Å². The highest BCUT2D eigenvalue weighted by atomic mass is 15.4. The molecule has 2 atom stereocenters. The molecule has 26 heavy (non-hydrogen) atoms. The van der Waals surface area contributed by atoms with Crippen molar-refractivity contribution >= 4 is 0 Å². The molecule has 1 saturated heterocycles. The first kappa shape index (κ1) is 16.8. The van der Waals surface area contributed by atoms with Crippen LogP contribution in [0.5, 0.6) is 0 Å². The summed E-state index contributed by atoms with van der Waals surface area (Å²) in [5.41, 5.74) is 3.76. The highest BCUT2D eigenvalue weighted by Crippen LogP contribution is 2.49. The van der Waals surface area contributed by atoms with Gasteiger partial charge < -0.3 is 0 Å². The maximum Gasteiger partial charge on any atom is 0.0976 e. The van der Waals surface area contributed by atoms with Crippen LogP contribution in [0.15, 0.2) is 104 Å². The third-order valence-electron chi connectivity index (χ3n) is 5.42. The average molecular weight is 339 g/mol. The molecule has 0 aliphatic carbocycles. The van der Waals surface area contributed by atoms with Crippen LogP contribution >= 0.6 is 0 Å². The molecule has 1 heteroatoms. The summed E-state index contributed by atoms with van der Waals surface area (Å²) < 4.78 is 0. The predicted octanol–water partition coefficient (Wildman–Crippen LogP) is 5.63. The van der Waals surface area contributed by atoms with Gasteiger partial charge >= 0.3 is 0 Å². The van der Waals surface area contributed by atoms with Crippen LogP contribution in [-0.2, 0) is 5.54 Å². The second-order valence-corrected chi connectivity index (χ2v) is 6.98. The molecule has 1 nitrogen and oxygen atoms in total. The standard InChI is InChI=1S/C25H25N/c1-2-3-19-24-20-26(24)25(21-13-7-4-8-14-21,22-15-9-5-10-16-22)23-17-11-6-12-18-23/h2,4-18,24H,1,3,19-20H2/t24-,26?/m1/s1. The van der Waals surface area contributed by atoms with Gasteiger partial charge in [0.2, 0.25) is 0 Å². The summed E-state index contributed by atoms with van der Waals surface area (Å²) >= 11 is 0. The normalized spacial score (nSPS) is 19.1. The van der Waals surface area contributed by atoms with Gasteiger partial charge in [0, 0.05) is 12.6 Å². The third-order valence-corrected chi connectivity index (χ3v) is 5.42. The van der Waals surface area contributed by atoms with Crippen LogP contribution in [0, 0.1) is 0 Å². The van der Waals surface area contributed by atoms with E-state index >= 15 is 0 Å². The number of benzene rings is 3. The lowest BCUT2D eigenvalue weighted by Crippen LogP contribution is -2.39. The predicted molar refractivity (Wildman–Crippen MR) is 109 cm³/mol. The highest BCUT2D eigenvalue weighted by molar-refractivity contribution is 5.51. The van der Waals surface area contributed by atoms with Crippen molar-refractivity contribution < 1.29 is 0 Å². The summed E-state index contributed by atoms with van der Waals surface area (Å²) in [6, 6.07) is 33.4. The third kappa shape index (κ3) is 2.89. The van der Waals surface area contributed by atoms with Gasteiger partial charge in [0.1, 0.15) is 0 Å². The summed E-state index contributed by atoms with van der Waals surface area (Å²) in [6.07, 6.45) is 4.26. The lowest BCUT2D eigenvalue weighted by Gasteiger charge is -2.38. The number of hydrogen-bond donors (Lipinski definition) is 0. The Morgan fingerprint density at radius 3 is 1.58 bits per heavy atom. The van der Waals surface area contributed by atoms with Crippen molar-refractivity contribution in [2.24, 2.45) is 0 Å². The van der Waals surface area contributed by atoms with E-state index in [1.54, 1.807) is 0 Å². The molecule has 0 spiro atoms. The Bertz CT molecular complexity index is 742. The summed E-state index contributed by atoms with van der Waals surface area (Å²) in [7, 11) is 0. The van der Waals surface area contributed by atoms with E-state index in [4.69, 9.17) is 0 Å². The van der Waals surface area contributed by atoms with Crippen molar-refractivity contribution in [3.05, 3.63) is 120 Å². The molecule has 0 N–H and O–H groups in total. The molecule has 0 saturated carbocycles. The molecule has 3 aromatic rings. The summed E-state index contributed by atoms with van der Waals surface area (Å²) in [6.45, 7) is 5.02. The topological polar surface area (TPSA) is 3.01 Å². The molecule has 0 amide bonds. The Morgan fingerprint density at radius 1 is 0.769 bits per heavy atom. The quantitative estimate of drug-likeness (QED) is 0.306. The van der Waals surface area contributed by atoms with E-state index < -0.39 is 0 Å². The second kappa shape index (κ2) is 7.31. The van der Waals surface area contributed by atoms with Gasteiger partial charge in [-0.25, -0.2) is 0 Å². The zero-order chi connectivity index (χ0) is 17.8. The minimum absolute atomic E-state index is 0.240. The molecule has 0 bridgehead atoms. The van der Waals surface area contributed by atoms with Crippen molar-refractivity contribution in [1.29, 1.82) is 0 Å². The van der Waals surface area contributed by atoms with Gasteiger partial charge in [-0.1, -0.05) is 97.1 Å². The molecule has 3 aromatic carbocycles. The van der Waals surface area contributed by atoms with E-state index in [1.165, 1.54) is 16.7 Å². The number of nitrogens with zero attached hydrogens (tertiary/aromatic N) is 1. The van der Waals surface area contributed by atoms with Crippen molar-refractivity contribution in [2.75, 3.05) is 6.54 Å². The molecule has 1 unspecified atom stereocenters. The maximum absolute atomic E-state index is 3.90. The summed E-state index contributed by atoms with van der Waals surface area (Å²) in [5.74, 6) is 0. The smallest absolute Gasteiger partial charge is 0.0976 e. The largest absolute Gasteiger partial charge is 0.280 e. The lowest BCUT2D eigenvalue weighted by molar-refractivity contribution is 0.316. The fourth-order valence-corrected chi connectivity index (χ4v) is 4.18. The van der Waals surface area contributed by atoms with Crippen molar-refractivity contribution in [2.45, 2.75) is 24.4 Å². The van der Waals surface area contributed by atoms with Gasteiger partial charge in [-0.3, -0.25) is 4.90 Å². The molecule has 0 radical (unpaired) electrons. The Kier molecular flexibility index (Phi) is 4.73. The molecular formula is C25H25N. The van der Waals surface area contributed by atoms with Gasteiger partial charge in [0.05, 0.1) is 5.54 Å². The van der Waals surface area contributed by atoms with E-state index in [2.05, 4.69) is 102 Å². The zero-order valence-corrected chi connectivity index (χ0v) is 15.1. The van der Waals surface area contributed by atoms with Gasteiger partial charge in [-0.05, 0) is 29.5 Å². The molecule has 4 rings (SSSR count). The Morgan fingerprint density at radius 2 is 1.19 bits per heavy atom. The fraction of sp³-hybridized carbons (Fsp3) is 0.200. The molecule has 0 aromatic heterocycles. The van der Waals surface area contributed by atoms with E-state index in [0.717, 1.165) is 19.4 Å². The lowest BCUT2D eigenvalue weighted by atomic mass is 9.76. The minimum Gasteiger partial charge on any atom is -0.280 e. The molecule has 1 aliphatic heterocycles. The Balaban J connectivity index is 1.91. The van der Waals surface area contributed by atoms with E-state index in [0.29, 0.717) is 6.04 Å². The monoisotopic (exact) mass is 339 g/mol. The molecular weight excluding hydrogens is 314 g/mol. The van der Waals surface area contributed by atoms with Crippen molar-refractivity contribution in [1.82, 2.24) is 4.90 Å². The molecule has 1 aliphatic rings. The Labute approximate surface area is 156 Å². The van der Waals surface area contributed by atoms with Crippen molar-refractivity contribution in [3.63, 3.8) is 0 Å². The van der Waals surface area contributed by atoms with Crippen LogP contribution < -0.4 is 0 Å². The molecule has 1 heterocycles. The summed E-state index contributed by atoms with van der Waals surface area (Å²) in [4.78, 5) is 2.65. The maximum atomic E-state index is 3.90. The number of hydrogen-bond acceptors (Lipinski definition) is 1. The van der Waals surface area contributed by atoms with Crippen molar-refractivity contribution in [3.8, 4) is 0 Å². The highest BCUT2D eigenvalue weighted by Gasteiger charge is 2.52. The first-order valence-electron chi connectivity index (χ1n) is 9.41. The average Bonchev–Trinajstić information content (AvgIpc) is 3.49. The van der Waals surface area contributed by atoms with Crippen LogP contribution in [-0.4, -0.2) is 17.5 Å². The van der Waals surface area contributed by atoms with Crippen LogP contribution in [0.25, 0.3) is 0 Å². The van der Waals surface area contributed by atoms with E-state index in [1.807, 2.05) is 6.08 Å². The minimum atomic E-state index is -0.240. The Hall–Kier alpha value is -2.64. The molecule has 130 valence electrons.